The van der Waals surface area contributed by atoms with Gasteiger partial charge in [-0.05, 0) is 42.9 Å². The Labute approximate surface area is 157 Å². The second-order valence-electron chi connectivity index (χ2n) is 6.60. The van der Waals surface area contributed by atoms with Crippen molar-refractivity contribution in [3.8, 4) is 5.75 Å². The van der Waals surface area contributed by atoms with Gasteiger partial charge < -0.3 is 24.8 Å². The van der Waals surface area contributed by atoms with E-state index >= 15 is 0 Å². The maximum Gasteiger partial charge on any atom is 0.191 e. The second kappa shape index (κ2) is 11.8. The predicted molar refractivity (Wildman–Crippen MR) is 105 cm³/mol. The van der Waals surface area contributed by atoms with E-state index in [0.717, 1.165) is 50.7 Å². The Morgan fingerprint density at radius 1 is 1.27 bits per heavy atom. The molecule has 1 aliphatic rings. The molecule has 2 N–H and O–H groups in total. The summed E-state index contributed by atoms with van der Waals surface area (Å²) in [5.41, 5.74) is 1.32. The second-order valence-corrected chi connectivity index (χ2v) is 6.60. The standard InChI is InChI=1S/C20H33N3O3/c1-16(17-6-8-18(24-3)9-7-17)10-11-22-20(21-2)23-12-14-25-15-19-5-4-13-26-19/h6-9,16,19H,4-5,10-15H2,1-3H3,(H2,21,22,23). The summed E-state index contributed by atoms with van der Waals surface area (Å²) in [5, 5.41) is 6.64. The van der Waals surface area contributed by atoms with Crippen molar-refractivity contribution in [1.82, 2.24) is 10.6 Å². The van der Waals surface area contributed by atoms with E-state index in [0.29, 0.717) is 19.1 Å². The van der Waals surface area contributed by atoms with Crippen LogP contribution in [0.2, 0.25) is 0 Å². The van der Waals surface area contributed by atoms with Gasteiger partial charge >= 0.3 is 0 Å². The Kier molecular flexibility index (Phi) is 9.28. The number of benzene rings is 1. The molecule has 1 aromatic rings. The molecule has 1 heterocycles. The maximum atomic E-state index is 5.65. The summed E-state index contributed by atoms with van der Waals surface area (Å²) < 4.78 is 16.4. The van der Waals surface area contributed by atoms with E-state index in [4.69, 9.17) is 14.2 Å². The van der Waals surface area contributed by atoms with Gasteiger partial charge in [0.05, 0.1) is 26.4 Å². The molecule has 2 unspecified atom stereocenters. The van der Waals surface area contributed by atoms with Crippen LogP contribution in [0.1, 0.15) is 37.7 Å². The number of hydrogen-bond donors (Lipinski definition) is 2. The molecule has 0 amide bonds. The fourth-order valence-corrected chi connectivity index (χ4v) is 2.96. The lowest BCUT2D eigenvalue weighted by Gasteiger charge is -2.16. The Hall–Kier alpha value is -1.79. The molecule has 0 bridgehead atoms. The average molecular weight is 364 g/mol. The van der Waals surface area contributed by atoms with Gasteiger partial charge in [-0.2, -0.15) is 0 Å². The number of rotatable bonds is 10. The zero-order valence-corrected chi connectivity index (χ0v) is 16.3. The highest BCUT2D eigenvalue weighted by atomic mass is 16.5. The van der Waals surface area contributed by atoms with Gasteiger partial charge in [-0.1, -0.05) is 19.1 Å². The highest BCUT2D eigenvalue weighted by Crippen LogP contribution is 2.21. The lowest BCUT2D eigenvalue weighted by molar-refractivity contribution is 0.0191. The van der Waals surface area contributed by atoms with Gasteiger partial charge in [0, 0.05) is 26.7 Å². The third kappa shape index (κ3) is 7.22. The lowest BCUT2D eigenvalue weighted by atomic mass is 9.98. The first-order valence-corrected chi connectivity index (χ1v) is 9.50. The minimum atomic E-state index is 0.284. The fraction of sp³-hybridized carbons (Fsp3) is 0.650. The first-order chi connectivity index (χ1) is 12.7. The zero-order valence-electron chi connectivity index (χ0n) is 16.3. The van der Waals surface area contributed by atoms with Crippen molar-refractivity contribution in [2.24, 2.45) is 4.99 Å². The summed E-state index contributed by atoms with van der Waals surface area (Å²) >= 11 is 0. The van der Waals surface area contributed by atoms with Crippen LogP contribution in [0.25, 0.3) is 0 Å². The summed E-state index contributed by atoms with van der Waals surface area (Å²) in [6.45, 7) is 6.05. The third-order valence-electron chi connectivity index (χ3n) is 4.64. The zero-order chi connectivity index (χ0) is 18.6. The molecule has 0 aromatic heterocycles. The van der Waals surface area contributed by atoms with Crippen LogP contribution in [-0.2, 0) is 9.47 Å². The Morgan fingerprint density at radius 3 is 2.69 bits per heavy atom. The molecule has 0 aliphatic carbocycles. The minimum Gasteiger partial charge on any atom is -0.497 e. The molecule has 0 spiro atoms. The number of guanidine groups is 1. The minimum absolute atomic E-state index is 0.284. The average Bonchev–Trinajstić information content (AvgIpc) is 3.19. The van der Waals surface area contributed by atoms with Crippen molar-refractivity contribution in [3.05, 3.63) is 29.8 Å². The molecule has 26 heavy (non-hydrogen) atoms. The van der Waals surface area contributed by atoms with Gasteiger partial charge in [0.15, 0.2) is 5.96 Å². The Balaban J connectivity index is 1.57. The number of ether oxygens (including phenoxy) is 3. The molecule has 0 radical (unpaired) electrons. The van der Waals surface area contributed by atoms with E-state index in [1.165, 1.54) is 5.56 Å². The molecule has 0 saturated carbocycles. The van der Waals surface area contributed by atoms with Gasteiger partial charge in [-0.3, -0.25) is 4.99 Å². The quantitative estimate of drug-likeness (QED) is 0.380. The van der Waals surface area contributed by atoms with E-state index in [1.54, 1.807) is 14.2 Å². The molecule has 1 aliphatic heterocycles. The molecule has 6 heteroatoms. The monoisotopic (exact) mass is 363 g/mol. The lowest BCUT2D eigenvalue weighted by Crippen LogP contribution is -2.39. The smallest absolute Gasteiger partial charge is 0.191 e. The van der Waals surface area contributed by atoms with Crippen LogP contribution in [0.3, 0.4) is 0 Å². The van der Waals surface area contributed by atoms with Crippen molar-refractivity contribution in [2.75, 3.05) is 47.1 Å². The first-order valence-electron chi connectivity index (χ1n) is 9.50. The topological polar surface area (TPSA) is 64.1 Å². The maximum absolute atomic E-state index is 5.65. The van der Waals surface area contributed by atoms with Gasteiger partial charge in [-0.25, -0.2) is 0 Å². The van der Waals surface area contributed by atoms with Crippen LogP contribution in [-0.4, -0.2) is 59.1 Å². The molecular weight excluding hydrogens is 330 g/mol. The van der Waals surface area contributed by atoms with E-state index in [-0.39, 0.29) is 6.10 Å². The summed E-state index contributed by atoms with van der Waals surface area (Å²) in [5.74, 6) is 2.18. The van der Waals surface area contributed by atoms with Crippen LogP contribution in [0.15, 0.2) is 29.3 Å². The third-order valence-corrected chi connectivity index (χ3v) is 4.64. The highest BCUT2D eigenvalue weighted by molar-refractivity contribution is 5.79. The number of methoxy groups -OCH3 is 1. The van der Waals surface area contributed by atoms with Crippen LogP contribution >= 0.6 is 0 Å². The highest BCUT2D eigenvalue weighted by Gasteiger charge is 2.15. The largest absolute Gasteiger partial charge is 0.497 e. The molecule has 1 aromatic carbocycles. The van der Waals surface area contributed by atoms with Crippen LogP contribution in [0, 0.1) is 0 Å². The Bertz CT molecular complexity index is 528. The number of hydrogen-bond acceptors (Lipinski definition) is 4. The van der Waals surface area contributed by atoms with Crippen molar-refractivity contribution in [3.63, 3.8) is 0 Å². The molecule has 1 fully saturated rings. The fourth-order valence-electron chi connectivity index (χ4n) is 2.96. The molecule has 2 atom stereocenters. The molecule has 146 valence electrons. The number of nitrogens with one attached hydrogen (secondary N) is 2. The Morgan fingerprint density at radius 2 is 2.04 bits per heavy atom. The number of nitrogens with zero attached hydrogens (tertiary/aromatic N) is 1. The number of aliphatic imine (C=N–C) groups is 1. The molecule has 6 nitrogen and oxygen atoms in total. The van der Waals surface area contributed by atoms with Crippen LogP contribution in [0.5, 0.6) is 5.75 Å². The normalized spacial score (nSPS) is 18.6. The van der Waals surface area contributed by atoms with E-state index in [2.05, 4.69) is 34.7 Å². The van der Waals surface area contributed by atoms with Crippen molar-refractivity contribution in [2.45, 2.75) is 38.2 Å². The van der Waals surface area contributed by atoms with E-state index in [9.17, 15) is 0 Å². The summed E-state index contributed by atoms with van der Waals surface area (Å²) in [6.07, 6.45) is 3.58. The van der Waals surface area contributed by atoms with Crippen molar-refractivity contribution < 1.29 is 14.2 Å². The molecule has 2 rings (SSSR count). The first kappa shape index (κ1) is 20.5. The SMILES string of the molecule is CN=C(NCCOCC1CCCO1)NCCC(C)c1ccc(OC)cc1. The predicted octanol–water partition coefficient (Wildman–Crippen LogP) is 2.55. The van der Waals surface area contributed by atoms with Crippen molar-refractivity contribution >= 4 is 5.96 Å². The molecule has 1 saturated heterocycles. The summed E-state index contributed by atoms with van der Waals surface area (Å²) in [7, 11) is 3.48. The van der Waals surface area contributed by atoms with Crippen LogP contribution in [0.4, 0.5) is 0 Å². The van der Waals surface area contributed by atoms with Crippen LogP contribution < -0.4 is 15.4 Å². The van der Waals surface area contributed by atoms with E-state index < -0.39 is 0 Å². The molecular formula is C20H33N3O3. The van der Waals surface area contributed by atoms with Gasteiger partial charge in [0.2, 0.25) is 0 Å². The van der Waals surface area contributed by atoms with E-state index in [1.807, 2.05) is 12.1 Å². The summed E-state index contributed by atoms with van der Waals surface area (Å²) in [4.78, 5) is 4.25. The van der Waals surface area contributed by atoms with Crippen molar-refractivity contribution in [1.29, 1.82) is 0 Å². The summed E-state index contributed by atoms with van der Waals surface area (Å²) in [6, 6.07) is 8.27. The van der Waals surface area contributed by atoms with Gasteiger partial charge in [-0.15, -0.1) is 0 Å². The van der Waals surface area contributed by atoms with Gasteiger partial charge in [0.1, 0.15) is 5.75 Å². The van der Waals surface area contributed by atoms with Gasteiger partial charge in [0.25, 0.3) is 0 Å².